The molecule has 0 aliphatic heterocycles. The normalized spacial score (nSPS) is 10.3. The van der Waals surface area contributed by atoms with E-state index in [2.05, 4.69) is 15.6 Å². The van der Waals surface area contributed by atoms with Crippen molar-refractivity contribution in [3.05, 3.63) is 23.5 Å². The average molecular weight is 265 g/mol. The van der Waals surface area contributed by atoms with Crippen molar-refractivity contribution in [2.24, 2.45) is 0 Å². The van der Waals surface area contributed by atoms with Crippen LogP contribution in [0.3, 0.4) is 0 Å². The van der Waals surface area contributed by atoms with Gasteiger partial charge in [-0.3, -0.25) is 9.78 Å². The minimum Gasteiger partial charge on any atom is -0.385 e. The Morgan fingerprint density at radius 1 is 1.42 bits per heavy atom. The van der Waals surface area contributed by atoms with Crippen molar-refractivity contribution in [3.63, 3.8) is 0 Å². The molecule has 106 valence electrons. The first-order valence-corrected chi connectivity index (χ1v) is 6.66. The Morgan fingerprint density at radius 3 is 2.89 bits per heavy atom. The molecule has 0 fully saturated rings. The van der Waals surface area contributed by atoms with Crippen LogP contribution in [0.25, 0.3) is 0 Å². The Bertz CT molecular complexity index is 408. The lowest BCUT2D eigenvalue weighted by atomic mass is 10.2. The molecule has 0 saturated heterocycles. The van der Waals surface area contributed by atoms with Crippen molar-refractivity contribution < 1.29 is 9.53 Å². The maximum atomic E-state index is 12.1. The van der Waals surface area contributed by atoms with Crippen LogP contribution in [-0.4, -0.2) is 37.7 Å². The van der Waals surface area contributed by atoms with Gasteiger partial charge in [0.1, 0.15) is 0 Å². The van der Waals surface area contributed by atoms with Gasteiger partial charge >= 0.3 is 0 Å². The topological polar surface area (TPSA) is 63.2 Å². The highest BCUT2D eigenvalue weighted by Gasteiger charge is 2.11. The quantitative estimate of drug-likeness (QED) is 0.705. The molecule has 1 heterocycles. The number of hydrogen-bond acceptors (Lipinski definition) is 4. The van der Waals surface area contributed by atoms with Gasteiger partial charge in [0.2, 0.25) is 0 Å². The molecule has 0 saturated carbocycles. The van der Waals surface area contributed by atoms with Crippen LogP contribution in [0.5, 0.6) is 0 Å². The van der Waals surface area contributed by atoms with Gasteiger partial charge in [-0.1, -0.05) is 0 Å². The van der Waals surface area contributed by atoms with Crippen LogP contribution in [-0.2, 0) is 4.74 Å². The zero-order valence-electron chi connectivity index (χ0n) is 12.0. The van der Waals surface area contributed by atoms with Gasteiger partial charge in [0, 0.05) is 38.7 Å². The molecule has 5 nitrogen and oxygen atoms in total. The molecule has 0 bridgehead atoms. The van der Waals surface area contributed by atoms with E-state index in [-0.39, 0.29) is 5.91 Å². The van der Waals surface area contributed by atoms with E-state index in [1.807, 2.05) is 19.9 Å². The second kappa shape index (κ2) is 8.48. The Hall–Kier alpha value is -1.62. The van der Waals surface area contributed by atoms with Gasteiger partial charge in [-0.05, 0) is 32.8 Å². The molecule has 1 aromatic rings. The zero-order chi connectivity index (χ0) is 14.1. The molecule has 1 rings (SSSR count). The summed E-state index contributed by atoms with van der Waals surface area (Å²) < 4.78 is 4.97. The van der Waals surface area contributed by atoms with Gasteiger partial charge in [-0.15, -0.1) is 0 Å². The summed E-state index contributed by atoms with van der Waals surface area (Å²) >= 11 is 0. The lowest BCUT2D eigenvalue weighted by Gasteiger charge is -2.11. The Morgan fingerprint density at radius 2 is 2.21 bits per heavy atom. The summed E-state index contributed by atoms with van der Waals surface area (Å²) in [7, 11) is 1.68. The van der Waals surface area contributed by atoms with E-state index in [0.717, 1.165) is 37.4 Å². The van der Waals surface area contributed by atoms with Gasteiger partial charge < -0.3 is 15.4 Å². The number of ether oxygens (including phenoxy) is 1. The first kappa shape index (κ1) is 15.4. The molecule has 2 N–H and O–H groups in total. The van der Waals surface area contributed by atoms with Gasteiger partial charge in [0.25, 0.3) is 5.91 Å². The number of anilines is 1. The summed E-state index contributed by atoms with van der Waals surface area (Å²) in [5.74, 6) is -0.0825. The summed E-state index contributed by atoms with van der Waals surface area (Å²) in [5, 5.41) is 6.09. The highest BCUT2D eigenvalue weighted by Crippen LogP contribution is 2.15. The molecule has 0 radical (unpaired) electrons. The van der Waals surface area contributed by atoms with Crippen LogP contribution >= 0.6 is 0 Å². The number of methoxy groups -OCH3 is 1. The number of hydrogen-bond donors (Lipinski definition) is 2. The molecule has 0 unspecified atom stereocenters. The standard InChI is InChI=1S/C14H23N3O2/c1-4-15-13-9-11(2)17-10-12(13)14(18)16-7-5-6-8-19-3/h9-10H,4-8H2,1-3H3,(H,15,17)(H,16,18). The lowest BCUT2D eigenvalue weighted by Crippen LogP contribution is -2.26. The molecular formula is C14H23N3O2. The summed E-state index contributed by atoms with van der Waals surface area (Å²) in [6.45, 7) is 6.07. The number of nitrogens with one attached hydrogen (secondary N) is 2. The van der Waals surface area contributed by atoms with E-state index in [0.29, 0.717) is 12.1 Å². The average Bonchev–Trinajstić information content (AvgIpc) is 2.39. The third-order valence-electron chi connectivity index (χ3n) is 2.71. The van der Waals surface area contributed by atoms with Crippen molar-refractivity contribution in [2.75, 3.05) is 32.1 Å². The first-order chi connectivity index (χ1) is 9.19. The third kappa shape index (κ3) is 5.26. The number of nitrogens with zero attached hydrogens (tertiary/aromatic N) is 1. The molecule has 1 aromatic heterocycles. The van der Waals surface area contributed by atoms with Crippen LogP contribution in [0.2, 0.25) is 0 Å². The molecule has 0 aliphatic rings. The Balaban J connectivity index is 2.55. The minimum absolute atomic E-state index is 0.0825. The largest absolute Gasteiger partial charge is 0.385 e. The van der Waals surface area contributed by atoms with E-state index >= 15 is 0 Å². The van der Waals surface area contributed by atoms with Crippen LogP contribution < -0.4 is 10.6 Å². The number of unbranched alkanes of at least 4 members (excludes halogenated alkanes) is 1. The van der Waals surface area contributed by atoms with Crippen molar-refractivity contribution in [1.82, 2.24) is 10.3 Å². The van der Waals surface area contributed by atoms with Crippen LogP contribution in [0.1, 0.15) is 35.8 Å². The lowest BCUT2D eigenvalue weighted by molar-refractivity contribution is 0.0952. The SMILES string of the molecule is CCNc1cc(C)ncc1C(=O)NCCCCOC. The van der Waals surface area contributed by atoms with E-state index in [1.54, 1.807) is 13.3 Å². The summed E-state index contributed by atoms with van der Waals surface area (Å²) in [6.07, 6.45) is 3.48. The van der Waals surface area contributed by atoms with Crippen molar-refractivity contribution in [3.8, 4) is 0 Å². The highest BCUT2D eigenvalue weighted by atomic mass is 16.5. The molecule has 0 spiro atoms. The molecular weight excluding hydrogens is 242 g/mol. The second-order valence-electron chi connectivity index (χ2n) is 4.36. The monoisotopic (exact) mass is 265 g/mol. The van der Waals surface area contributed by atoms with E-state index in [1.165, 1.54) is 0 Å². The number of rotatable bonds is 8. The predicted octanol–water partition coefficient (Wildman–Crippen LogP) is 1.98. The van der Waals surface area contributed by atoms with Crippen LogP contribution in [0.4, 0.5) is 5.69 Å². The fourth-order valence-corrected chi connectivity index (χ4v) is 1.75. The Labute approximate surface area is 114 Å². The molecule has 1 amide bonds. The maximum absolute atomic E-state index is 12.1. The summed E-state index contributed by atoms with van der Waals surface area (Å²) in [6, 6.07) is 1.89. The number of amides is 1. The molecule has 0 aliphatic carbocycles. The minimum atomic E-state index is -0.0825. The van der Waals surface area contributed by atoms with Crippen molar-refractivity contribution >= 4 is 11.6 Å². The van der Waals surface area contributed by atoms with Crippen molar-refractivity contribution in [1.29, 1.82) is 0 Å². The smallest absolute Gasteiger partial charge is 0.254 e. The number of pyridine rings is 1. The van der Waals surface area contributed by atoms with Gasteiger partial charge in [0.15, 0.2) is 0 Å². The van der Waals surface area contributed by atoms with Crippen LogP contribution in [0, 0.1) is 6.92 Å². The molecule has 19 heavy (non-hydrogen) atoms. The van der Waals surface area contributed by atoms with Gasteiger partial charge in [-0.2, -0.15) is 0 Å². The maximum Gasteiger partial charge on any atom is 0.254 e. The predicted molar refractivity (Wildman–Crippen MR) is 76.6 cm³/mol. The zero-order valence-corrected chi connectivity index (χ0v) is 12.0. The fraction of sp³-hybridized carbons (Fsp3) is 0.571. The summed E-state index contributed by atoms with van der Waals surface area (Å²) in [5.41, 5.74) is 2.33. The second-order valence-corrected chi connectivity index (χ2v) is 4.36. The number of aryl methyl sites for hydroxylation is 1. The number of carbonyl (C=O) groups excluding carboxylic acids is 1. The van der Waals surface area contributed by atoms with E-state index in [9.17, 15) is 4.79 Å². The Kier molecular flexibility index (Phi) is 6.89. The van der Waals surface area contributed by atoms with Gasteiger partial charge in [-0.25, -0.2) is 0 Å². The third-order valence-corrected chi connectivity index (χ3v) is 2.71. The molecule has 0 atom stereocenters. The molecule has 0 aromatic carbocycles. The summed E-state index contributed by atoms with van der Waals surface area (Å²) in [4.78, 5) is 16.2. The first-order valence-electron chi connectivity index (χ1n) is 6.66. The van der Waals surface area contributed by atoms with Crippen LogP contribution in [0.15, 0.2) is 12.3 Å². The fourth-order valence-electron chi connectivity index (χ4n) is 1.75. The van der Waals surface area contributed by atoms with E-state index < -0.39 is 0 Å². The van der Waals surface area contributed by atoms with Crippen molar-refractivity contribution in [2.45, 2.75) is 26.7 Å². The van der Waals surface area contributed by atoms with Gasteiger partial charge in [0.05, 0.1) is 11.3 Å². The van der Waals surface area contributed by atoms with E-state index in [4.69, 9.17) is 4.74 Å². The number of carbonyl (C=O) groups is 1. The highest BCUT2D eigenvalue weighted by molar-refractivity contribution is 5.99. The molecule has 5 heteroatoms. The number of aromatic nitrogens is 1.